The van der Waals surface area contributed by atoms with Crippen molar-refractivity contribution in [3.8, 4) is 0 Å². The highest BCUT2D eigenvalue weighted by molar-refractivity contribution is 9.11. The van der Waals surface area contributed by atoms with E-state index in [1.807, 2.05) is 48.5 Å². The summed E-state index contributed by atoms with van der Waals surface area (Å²) in [5.41, 5.74) is 5.44. The van der Waals surface area contributed by atoms with Gasteiger partial charge in [0, 0.05) is 12.1 Å². The number of nitrogens with one attached hydrogen (secondary N) is 2. The Balaban J connectivity index is 1.61. The molecule has 3 rings (SSSR count). The number of amides is 1. The average molecular weight is 359 g/mol. The Bertz CT molecular complexity index is 684. The Labute approximate surface area is 137 Å². The quantitative estimate of drug-likeness (QED) is 0.823. The second-order valence-electron chi connectivity index (χ2n) is 4.95. The minimum Gasteiger partial charge on any atom is -0.348 e. The van der Waals surface area contributed by atoms with Crippen molar-refractivity contribution in [2.75, 3.05) is 0 Å². The summed E-state index contributed by atoms with van der Waals surface area (Å²) in [6.07, 6.45) is 1.78. The van der Waals surface area contributed by atoms with Gasteiger partial charge in [-0.1, -0.05) is 42.5 Å². The van der Waals surface area contributed by atoms with Gasteiger partial charge in [-0.15, -0.1) is 0 Å². The molecule has 1 atom stereocenters. The zero-order valence-electron chi connectivity index (χ0n) is 11.8. The van der Waals surface area contributed by atoms with E-state index in [-0.39, 0.29) is 12.0 Å². The van der Waals surface area contributed by atoms with Gasteiger partial charge in [-0.25, -0.2) is 0 Å². The minimum absolute atomic E-state index is 0.0856. The van der Waals surface area contributed by atoms with Crippen LogP contribution in [-0.4, -0.2) is 5.91 Å². The topological polar surface area (TPSA) is 50.4 Å². The van der Waals surface area contributed by atoms with E-state index in [2.05, 4.69) is 26.7 Å². The zero-order chi connectivity index (χ0) is 15.4. The molecule has 2 N–H and O–H groups in total. The van der Waals surface area contributed by atoms with Crippen molar-refractivity contribution in [2.45, 2.75) is 12.6 Å². The third kappa shape index (κ3) is 3.55. The number of hydrogen-bond donors (Lipinski definition) is 2. The Kier molecular flexibility index (Phi) is 4.56. The number of hydrogen-bond acceptors (Lipinski definition) is 3. The molecule has 2 aromatic rings. The van der Waals surface area contributed by atoms with E-state index in [0.717, 1.165) is 15.7 Å². The first kappa shape index (κ1) is 14.8. The summed E-state index contributed by atoms with van der Waals surface area (Å²) in [6, 6.07) is 17.2. The van der Waals surface area contributed by atoms with Crippen LogP contribution in [0.3, 0.4) is 0 Å². The molecule has 0 radical (unpaired) electrons. The van der Waals surface area contributed by atoms with Gasteiger partial charge in [-0.3, -0.25) is 15.1 Å². The van der Waals surface area contributed by atoms with E-state index in [1.165, 1.54) is 0 Å². The van der Waals surface area contributed by atoms with Crippen LogP contribution >= 0.6 is 15.9 Å². The predicted molar refractivity (Wildman–Crippen MR) is 88.0 cm³/mol. The smallest absolute Gasteiger partial charge is 0.251 e. The van der Waals surface area contributed by atoms with Crippen LogP contribution in [0.5, 0.6) is 0 Å². The standard InChI is InChI=1S/C17H15BrN2O2/c18-16-10-15(22-20-16)13-6-8-14(9-7-13)17(21)19-11-12-4-2-1-3-5-12/h1-10,15,20H,11H2,(H,19,21). The van der Waals surface area contributed by atoms with Gasteiger partial charge in [-0.05, 0) is 45.3 Å². The number of hydroxylamine groups is 1. The highest BCUT2D eigenvalue weighted by atomic mass is 79.9. The van der Waals surface area contributed by atoms with Gasteiger partial charge in [0.25, 0.3) is 5.91 Å². The monoisotopic (exact) mass is 358 g/mol. The van der Waals surface area contributed by atoms with E-state index in [1.54, 1.807) is 12.1 Å². The number of benzene rings is 2. The lowest BCUT2D eigenvalue weighted by Gasteiger charge is -2.09. The van der Waals surface area contributed by atoms with E-state index in [4.69, 9.17) is 4.84 Å². The summed E-state index contributed by atoms with van der Waals surface area (Å²) < 4.78 is 0.808. The maximum atomic E-state index is 12.1. The van der Waals surface area contributed by atoms with E-state index < -0.39 is 0 Å². The SMILES string of the molecule is O=C(NCc1ccccc1)c1ccc(C2C=C(Br)NO2)cc1. The molecule has 112 valence electrons. The van der Waals surface area contributed by atoms with Crippen LogP contribution in [0, 0.1) is 0 Å². The Morgan fingerprint density at radius 2 is 1.86 bits per heavy atom. The molecule has 1 aliphatic heterocycles. The molecule has 0 saturated heterocycles. The highest BCUT2D eigenvalue weighted by Gasteiger charge is 2.17. The molecule has 1 heterocycles. The molecule has 0 bridgehead atoms. The van der Waals surface area contributed by atoms with Gasteiger partial charge < -0.3 is 5.32 Å². The fourth-order valence-electron chi connectivity index (χ4n) is 2.19. The third-order valence-corrected chi connectivity index (χ3v) is 3.80. The number of halogens is 1. The molecule has 2 aromatic carbocycles. The lowest BCUT2D eigenvalue weighted by Crippen LogP contribution is -2.22. The molecule has 4 nitrogen and oxygen atoms in total. The van der Waals surface area contributed by atoms with Crippen LogP contribution < -0.4 is 10.8 Å². The Hall–Kier alpha value is -2.11. The molecule has 1 unspecified atom stereocenters. The van der Waals surface area contributed by atoms with E-state index in [0.29, 0.717) is 12.1 Å². The summed E-state index contributed by atoms with van der Waals surface area (Å²) in [4.78, 5) is 17.5. The largest absolute Gasteiger partial charge is 0.348 e. The number of rotatable bonds is 4. The molecule has 5 heteroatoms. The first-order valence-electron chi connectivity index (χ1n) is 6.93. The van der Waals surface area contributed by atoms with Crippen molar-refractivity contribution < 1.29 is 9.63 Å². The third-order valence-electron chi connectivity index (χ3n) is 3.38. The second kappa shape index (κ2) is 6.77. The molecular weight excluding hydrogens is 344 g/mol. The van der Waals surface area contributed by atoms with Crippen LogP contribution in [-0.2, 0) is 11.4 Å². The van der Waals surface area contributed by atoms with Crippen LogP contribution in [0.1, 0.15) is 27.6 Å². The van der Waals surface area contributed by atoms with Gasteiger partial charge >= 0.3 is 0 Å². The first-order valence-corrected chi connectivity index (χ1v) is 7.73. The maximum Gasteiger partial charge on any atom is 0.251 e. The normalized spacial score (nSPS) is 16.8. The molecule has 0 spiro atoms. The van der Waals surface area contributed by atoms with Crippen molar-refractivity contribution in [3.63, 3.8) is 0 Å². The van der Waals surface area contributed by atoms with Crippen molar-refractivity contribution in [1.29, 1.82) is 0 Å². The molecular formula is C17H15BrN2O2. The molecule has 0 saturated carbocycles. The van der Waals surface area contributed by atoms with Crippen molar-refractivity contribution in [1.82, 2.24) is 10.8 Å². The summed E-state index contributed by atoms with van der Waals surface area (Å²) in [6.45, 7) is 0.521. The number of carbonyl (C=O) groups excluding carboxylic acids is 1. The minimum atomic E-state index is -0.143. The molecule has 1 amide bonds. The molecule has 0 aromatic heterocycles. The van der Waals surface area contributed by atoms with Gasteiger partial charge in [-0.2, -0.15) is 0 Å². The van der Waals surface area contributed by atoms with Crippen molar-refractivity contribution in [2.24, 2.45) is 0 Å². The summed E-state index contributed by atoms with van der Waals surface area (Å²) in [7, 11) is 0. The average Bonchev–Trinajstić information content (AvgIpc) is 3.00. The summed E-state index contributed by atoms with van der Waals surface area (Å²) in [5, 5.41) is 2.91. The van der Waals surface area contributed by atoms with E-state index in [9.17, 15) is 4.79 Å². The maximum absolute atomic E-state index is 12.1. The zero-order valence-corrected chi connectivity index (χ0v) is 13.3. The Morgan fingerprint density at radius 3 is 2.50 bits per heavy atom. The lowest BCUT2D eigenvalue weighted by atomic mass is 10.1. The van der Waals surface area contributed by atoms with Gasteiger partial charge in [0.1, 0.15) is 10.7 Å². The second-order valence-corrected chi connectivity index (χ2v) is 5.80. The predicted octanol–water partition coefficient (Wildman–Crippen LogP) is 3.43. The van der Waals surface area contributed by atoms with Crippen LogP contribution in [0.25, 0.3) is 0 Å². The van der Waals surface area contributed by atoms with Gasteiger partial charge in [0.15, 0.2) is 0 Å². The highest BCUT2D eigenvalue weighted by Crippen LogP contribution is 2.26. The molecule has 22 heavy (non-hydrogen) atoms. The van der Waals surface area contributed by atoms with Crippen molar-refractivity contribution in [3.05, 3.63) is 82.0 Å². The molecule has 0 fully saturated rings. The summed E-state index contributed by atoms with van der Waals surface area (Å²) >= 11 is 3.32. The molecule has 1 aliphatic rings. The van der Waals surface area contributed by atoms with E-state index >= 15 is 0 Å². The van der Waals surface area contributed by atoms with Gasteiger partial charge in [0.2, 0.25) is 0 Å². The lowest BCUT2D eigenvalue weighted by molar-refractivity contribution is 0.0458. The summed E-state index contributed by atoms with van der Waals surface area (Å²) in [5.74, 6) is -0.0856. The molecule has 0 aliphatic carbocycles. The van der Waals surface area contributed by atoms with Crippen molar-refractivity contribution >= 4 is 21.8 Å². The fraction of sp³-hybridized carbons (Fsp3) is 0.118. The Morgan fingerprint density at radius 1 is 1.14 bits per heavy atom. The number of carbonyl (C=O) groups is 1. The van der Waals surface area contributed by atoms with Crippen LogP contribution in [0.2, 0.25) is 0 Å². The van der Waals surface area contributed by atoms with Gasteiger partial charge in [0.05, 0.1) is 0 Å². The van der Waals surface area contributed by atoms with Crippen LogP contribution in [0.15, 0.2) is 65.3 Å². The van der Waals surface area contributed by atoms with Crippen LogP contribution in [0.4, 0.5) is 0 Å². The first-order chi connectivity index (χ1) is 10.7. The fourth-order valence-corrected chi connectivity index (χ4v) is 2.52.